The minimum absolute atomic E-state index is 0.261. The topological polar surface area (TPSA) is 122 Å². The molecule has 1 aliphatic rings. The number of esters is 1. The summed E-state index contributed by atoms with van der Waals surface area (Å²) in [7, 11) is 0. The van der Waals surface area contributed by atoms with Crippen molar-refractivity contribution in [2.24, 2.45) is 11.0 Å². The molecule has 1 unspecified atom stereocenters. The number of aliphatic hydroxyl groups is 1. The van der Waals surface area contributed by atoms with Crippen LogP contribution in [0, 0.1) is 5.92 Å². The molecule has 0 aliphatic carbocycles. The van der Waals surface area contributed by atoms with Crippen LogP contribution in [0.2, 0.25) is 0 Å². The Balaban J connectivity index is 2.98. The summed E-state index contributed by atoms with van der Waals surface area (Å²) in [6.07, 6.45) is -4.72. The number of rotatable bonds is 4. The van der Waals surface area contributed by atoms with Crippen LogP contribution in [-0.4, -0.2) is 41.9 Å². The SMILES string of the molecule is [2H]C1(OC(C)=O)O[C@H](CN=[N+]=[N-])[C@@H](O)[C@H]1C(C)=O. The average Bonchev–Trinajstić information content (AvgIpc) is 2.45. The van der Waals surface area contributed by atoms with Gasteiger partial charge in [0.1, 0.15) is 13.1 Å². The van der Waals surface area contributed by atoms with E-state index in [0.29, 0.717) is 0 Å². The minimum atomic E-state index is -2.28. The van der Waals surface area contributed by atoms with Crippen molar-refractivity contribution >= 4 is 11.8 Å². The molecule has 8 heteroatoms. The van der Waals surface area contributed by atoms with E-state index in [1.165, 1.54) is 0 Å². The van der Waals surface area contributed by atoms with Crippen molar-refractivity contribution in [2.75, 3.05) is 6.54 Å². The molecule has 1 aliphatic heterocycles. The third kappa shape index (κ3) is 3.16. The number of ether oxygens (including phenoxy) is 2. The number of hydrogen-bond acceptors (Lipinski definition) is 6. The molecule has 0 radical (unpaired) electrons. The zero-order valence-corrected chi connectivity index (χ0v) is 9.36. The Kier molecular flexibility index (Phi) is 3.92. The van der Waals surface area contributed by atoms with Gasteiger partial charge in [0, 0.05) is 11.8 Å². The molecule has 0 aromatic rings. The van der Waals surface area contributed by atoms with Crippen LogP contribution in [0.4, 0.5) is 0 Å². The summed E-state index contributed by atoms with van der Waals surface area (Å²) in [5, 5.41) is 13.1. The highest BCUT2D eigenvalue weighted by Gasteiger charge is 2.47. The van der Waals surface area contributed by atoms with Gasteiger partial charge in [0.15, 0.2) is 0 Å². The average molecular weight is 244 g/mol. The minimum Gasteiger partial charge on any atom is -0.435 e. The Labute approximate surface area is 98.5 Å². The molecule has 4 atom stereocenters. The quantitative estimate of drug-likeness (QED) is 0.326. The van der Waals surface area contributed by atoms with Crippen LogP contribution in [0.3, 0.4) is 0 Å². The first-order valence-corrected chi connectivity index (χ1v) is 4.88. The lowest BCUT2D eigenvalue weighted by Crippen LogP contribution is -2.35. The highest BCUT2D eigenvalue weighted by atomic mass is 16.7. The number of Topliss-reactive ketones (excluding diaryl/α,β-unsaturated/α-hetero) is 1. The summed E-state index contributed by atoms with van der Waals surface area (Å²) in [5.41, 5.74) is 8.19. The van der Waals surface area contributed by atoms with Crippen LogP contribution in [0.5, 0.6) is 0 Å². The van der Waals surface area contributed by atoms with Gasteiger partial charge in [-0.3, -0.25) is 9.59 Å². The Hall–Kier alpha value is -1.63. The summed E-state index contributed by atoms with van der Waals surface area (Å²) >= 11 is 0. The van der Waals surface area contributed by atoms with Crippen molar-refractivity contribution in [3.63, 3.8) is 0 Å². The summed E-state index contributed by atoms with van der Waals surface area (Å²) in [5.74, 6) is -2.70. The fourth-order valence-electron chi connectivity index (χ4n) is 1.54. The van der Waals surface area contributed by atoms with Gasteiger partial charge in [-0.2, -0.15) is 0 Å². The third-order valence-corrected chi connectivity index (χ3v) is 2.25. The van der Waals surface area contributed by atoms with Gasteiger partial charge in [-0.15, -0.1) is 0 Å². The summed E-state index contributed by atoms with van der Waals surface area (Å²) in [6, 6.07) is 0. The molecule has 1 saturated heterocycles. The molecular formula is C9H13N3O5. The monoisotopic (exact) mass is 244 g/mol. The van der Waals surface area contributed by atoms with Crippen molar-refractivity contribution in [3.05, 3.63) is 10.4 Å². The summed E-state index contributed by atoms with van der Waals surface area (Å²) in [4.78, 5) is 24.8. The zero-order chi connectivity index (χ0) is 13.9. The molecule has 1 rings (SSSR count). The van der Waals surface area contributed by atoms with Crippen molar-refractivity contribution in [3.8, 4) is 0 Å². The maximum absolute atomic E-state index is 11.4. The number of carbonyl (C=O) groups is 2. The Morgan fingerprint density at radius 2 is 2.29 bits per heavy atom. The smallest absolute Gasteiger partial charge is 0.304 e. The second kappa shape index (κ2) is 5.62. The fourth-order valence-corrected chi connectivity index (χ4v) is 1.54. The summed E-state index contributed by atoms with van der Waals surface area (Å²) in [6.45, 7) is 1.95. The van der Waals surface area contributed by atoms with E-state index < -0.39 is 36.1 Å². The van der Waals surface area contributed by atoms with Crippen molar-refractivity contribution in [1.29, 1.82) is 0 Å². The Morgan fingerprint density at radius 1 is 1.65 bits per heavy atom. The molecule has 94 valence electrons. The lowest BCUT2D eigenvalue weighted by molar-refractivity contribution is -0.179. The maximum atomic E-state index is 11.4. The normalized spacial score (nSPS) is 36.9. The standard InChI is InChI=1S/C9H13N3O5/c1-4(13)7-8(15)6(3-11-12-10)17-9(7)16-5(2)14/h6-9,15H,3H2,1-2H3/t6-,7-,8-,9?/m1/s1/i9D. The van der Waals surface area contributed by atoms with E-state index in [1.807, 2.05) is 0 Å². The van der Waals surface area contributed by atoms with E-state index in [-0.39, 0.29) is 6.54 Å². The second-order valence-electron chi connectivity index (χ2n) is 3.56. The molecular weight excluding hydrogens is 230 g/mol. The van der Waals surface area contributed by atoms with Crippen molar-refractivity contribution in [2.45, 2.75) is 32.3 Å². The molecule has 0 bridgehead atoms. The van der Waals surface area contributed by atoms with Crippen LogP contribution >= 0.6 is 0 Å². The van der Waals surface area contributed by atoms with Crippen LogP contribution in [0.15, 0.2) is 5.11 Å². The van der Waals surface area contributed by atoms with Crippen LogP contribution in [0.25, 0.3) is 10.4 Å². The van der Waals surface area contributed by atoms with E-state index in [4.69, 9.17) is 11.6 Å². The maximum Gasteiger partial charge on any atom is 0.304 e. The number of hydrogen-bond donors (Lipinski definition) is 1. The number of nitrogens with zero attached hydrogens (tertiary/aromatic N) is 3. The lowest BCUT2D eigenvalue weighted by Gasteiger charge is -2.16. The third-order valence-electron chi connectivity index (χ3n) is 2.25. The molecule has 8 nitrogen and oxygen atoms in total. The lowest BCUT2D eigenvalue weighted by atomic mass is 9.97. The molecule has 0 saturated carbocycles. The summed E-state index contributed by atoms with van der Waals surface area (Å²) < 4.78 is 17.5. The van der Waals surface area contributed by atoms with Crippen molar-refractivity contribution in [1.82, 2.24) is 0 Å². The van der Waals surface area contributed by atoms with Crippen LogP contribution < -0.4 is 0 Å². The van der Waals surface area contributed by atoms with Gasteiger partial charge < -0.3 is 14.6 Å². The van der Waals surface area contributed by atoms with Gasteiger partial charge in [-0.1, -0.05) is 5.11 Å². The number of ketones is 1. The zero-order valence-electron chi connectivity index (χ0n) is 10.4. The Morgan fingerprint density at radius 3 is 2.76 bits per heavy atom. The first kappa shape index (κ1) is 11.8. The largest absolute Gasteiger partial charge is 0.435 e. The first-order valence-electron chi connectivity index (χ1n) is 5.38. The van der Waals surface area contributed by atoms with Gasteiger partial charge in [0.05, 0.1) is 18.8 Å². The number of aliphatic hydroxyl groups excluding tert-OH is 1. The van der Waals surface area contributed by atoms with E-state index in [2.05, 4.69) is 14.8 Å². The Bertz CT molecular complexity index is 411. The predicted octanol–water partition coefficient (Wildman–Crippen LogP) is 0.151. The molecule has 1 fully saturated rings. The van der Waals surface area contributed by atoms with Crippen LogP contribution in [0.1, 0.15) is 15.2 Å². The highest BCUT2D eigenvalue weighted by molar-refractivity contribution is 5.80. The molecule has 17 heavy (non-hydrogen) atoms. The van der Waals surface area contributed by atoms with Crippen molar-refractivity contribution < 1.29 is 25.5 Å². The van der Waals surface area contributed by atoms with Gasteiger partial charge in [-0.05, 0) is 12.5 Å². The van der Waals surface area contributed by atoms with E-state index in [9.17, 15) is 14.7 Å². The van der Waals surface area contributed by atoms with Gasteiger partial charge >= 0.3 is 5.97 Å². The molecule has 0 spiro atoms. The van der Waals surface area contributed by atoms with Gasteiger partial charge in [-0.25, -0.2) is 0 Å². The van der Waals surface area contributed by atoms with Gasteiger partial charge in [0.25, 0.3) is 0 Å². The van der Waals surface area contributed by atoms with E-state index in [1.54, 1.807) is 0 Å². The van der Waals surface area contributed by atoms with E-state index in [0.717, 1.165) is 13.8 Å². The fraction of sp³-hybridized carbons (Fsp3) is 0.778. The predicted molar refractivity (Wildman–Crippen MR) is 54.6 cm³/mol. The number of carbonyl (C=O) groups excluding carboxylic acids is 2. The van der Waals surface area contributed by atoms with Gasteiger partial charge in [0.2, 0.25) is 6.27 Å². The number of azide groups is 1. The first-order chi connectivity index (χ1) is 8.31. The molecule has 0 amide bonds. The molecule has 0 aromatic heterocycles. The molecule has 1 N–H and O–H groups in total. The van der Waals surface area contributed by atoms with Crippen LogP contribution in [-0.2, 0) is 19.1 Å². The highest BCUT2D eigenvalue weighted by Crippen LogP contribution is 2.29. The molecule has 1 heterocycles. The second-order valence-corrected chi connectivity index (χ2v) is 3.56. The molecule has 0 aromatic carbocycles. The van der Waals surface area contributed by atoms with E-state index >= 15 is 0 Å².